The lowest BCUT2D eigenvalue weighted by molar-refractivity contribution is -0.384. The SMILES string of the molecule is I.O=[N+]([O-])c1ccc(CN=C(NCc2ccccn2)NCC2CCCO2)cc1. The fraction of sp³-hybridized carbons (Fsp3) is 0.368. The summed E-state index contributed by atoms with van der Waals surface area (Å²) in [6.07, 6.45) is 4.09. The third-order valence-electron chi connectivity index (χ3n) is 4.25. The molecule has 0 amide bonds. The van der Waals surface area contributed by atoms with Crippen LogP contribution in [0.25, 0.3) is 0 Å². The Morgan fingerprint density at radius 3 is 2.71 bits per heavy atom. The van der Waals surface area contributed by atoms with E-state index in [2.05, 4.69) is 20.6 Å². The van der Waals surface area contributed by atoms with Gasteiger partial charge in [-0.15, -0.1) is 24.0 Å². The Bertz CT molecular complexity index is 765. The molecule has 3 rings (SSSR count). The van der Waals surface area contributed by atoms with E-state index in [1.807, 2.05) is 18.2 Å². The molecule has 1 aromatic heterocycles. The molecule has 1 aliphatic rings. The van der Waals surface area contributed by atoms with E-state index in [4.69, 9.17) is 4.74 Å². The van der Waals surface area contributed by atoms with Crippen LogP contribution in [0, 0.1) is 10.1 Å². The number of nitro groups is 1. The third kappa shape index (κ3) is 7.04. The lowest BCUT2D eigenvalue weighted by Gasteiger charge is -2.15. The van der Waals surface area contributed by atoms with E-state index in [-0.39, 0.29) is 35.8 Å². The van der Waals surface area contributed by atoms with Crippen molar-refractivity contribution in [3.8, 4) is 0 Å². The fourth-order valence-corrected chi connectivity index (χ4v) is 2.76. The summed E-state index contributed by atoms with van der Waals surface area (Å²) in [6.45, 7) is 2.47. The number of benzene rings is 1. The zero-order valence-electron chi connectivity index (χ0n) is 15.4. The van der Waals surface area contributed by atoms with E-state index < -0.39 is 4.92 Å². The molecule has 0 aliphatic carbocycles. The normalized spacial score (nSPS) is 16.3. The molecule has 1 aliphatic heterocycles. The zero-order valence-corrected chi connectivity index (χ0v) is 17.7. The molecule has 1 saturated heterocycles. The van der Waals surface area contributed by atoms with Gasteiger partial charge in [0.2, 0.25) is 0 Å². The first kappa shape index (κ1) is 22.0. The smallest absolute Gasteiger partial charge is 0.269 e. The summed E-state index contributed by atoms with van der Waals surface area (Å²) in [5, 5.41) is 17.3. The number of non-ortho nitro benzene ring substituents is 1. The Hall–Kier alpha value is -2.27. The van der Waals surface area contributed by atoms with Crippen LogP contribution in [-0.4, -0.2) is 35.1 Å². The molecule has 0 spiro atoms. The first-order chi connectivity index (χ1) is 13.2. The van der Waals surface area contributed by atoms with E-state index in [0.717, 1.165) is 30.7 Å². The number of aliphatic imine (C=N–C) groups is 1. The molecule has 9 heteroatoms. The van der Waals surface area contributed by atoms with Gasteiger partial charge in [0.05, 0.1) is 29.8 Å². The maximum absolute atomic E-state index is 10.7. The lowest BCUT2D eigenvalue weighted by atomic mass is 10.2. The van der Waals surface area contributed by atoms with E-state index in [1.165, 1.54) is 12.1 Å². The van der Waals surface area contributed by atoms with E-state index in [9.17, 15) is 10.1 Å². The van der Waals surface area contributed by atoms with Crippen molar-refractivity contribution in [3.63, 3.8) is 0 Å². The number of rotatable bonds is 7. The lowest BCUT2D eigenvalue weighted by Crippen LogP contribution is -2.41. The Morgan fingerprint density at radius 2 is 2.07 bits per heavy atom. The number of ether oxygens (including phenoxy) is 1. The molecule has 0 bridgehead atoms. The Labute approximate surface area is 181 Å². The van der Waals surface area contributed by atoms with Gasteiger partial charge in [0.1, 0.15) is 0 Å². The summed E-state index contributed by atoms with van der Waals surface area (Å²) >= 11 is 0. The van der Waals surface area contributed by atoms with Crippen LogP contribution < -0.4 is 10.6 Å². The third-order valence-corrected chi connectivity index (χ3v) is 4.25. The Kier molecular flexibility index (Phi) is 9.08. The van der Waals surface area contributed by atoms with Crippen molar-refractivity contribution in [3.05, 3.63) is 70.0 Å². The number of pyridine rings is 1. The minimum atomic E-state index is -0.407. The molecule has 1 unspecified atom stereocenters. The Morgan fingerprint density at radius 1 is 1.25 bits per heavy atom. The van der Waals surface area contributed by atoms with Crippen molar-refractivity contribution in [2.75, 3.05) is 13.2 Å². The van der Waals surface area contributed by atoms with Crippen LogP contribution >= 0.6 is 24.0 Å². The second-order valence-corrected chi connectivity index (χ2v) is 6.28. The second kappa shape index (κ2) is 11.5. The van der Waals surface area contributed by atoms with Crippen LogP contribution in [0.1, 0.15) is 24.1 Å². The first-order valence-corrected chi connectivity index (χ1v) is 8.98. The topological polar surface area (TPSA) is 102 Å². The number of nitrogens with one attached hydrogen (secondary N) is 2. The van der Waals surface area contributed by atoms with Crippen molar-refractivity contribution in [2.24, 2.45) is 4.99 Å². The van der Waals surface area contributed by atoms with Crippen LogP contribution in [0.5, 0.6) is 0 Å². The molecule has 28 heavy (non-hydrogen) atoms. The molecule has 8 nitrogen and oxygen atoms in total. The number of guanidine groups is 1. The second-order valence-electron chi connectivity index (χ2n) is 6.28. The predicted octanol–water partition coefficient (Wildman–Crippen LogP) is 3.02. The molecule has 1 atom stereocenters. The number of nitrogens with zero attached hydrogens (tertiary/aromatic N) is 3. The molecule has 2 heterocycles. The highest BCUT2D eigenvalue weighted by Gasteiger charge is 2.15. The molecule has 1 aromatic carbocycles. The van der Waals surface area contributed by atoms with Gasteiger partial charge in [0.25, 0.3) is 5.69 Å². The summed E-state index contributed by atoms with van der Waals surface area (Å²) < 4.78 is 5.64. The fourth-order valence-electron chi connectivity index (χ4n) is 2.76. The molecule has 0 saturated carbocycles. The van der Waals surface area contributed by atoms with Crippen LogP contribution in [0.3, 0.4) is 0 Å². The molecule has 2 aromatic rings. The number of halogens is 1. The van der Waals surface area contributed by atoms with Crippen LogP contribution in [-0.2, 0) is 17.8 Å². The minimum Gasteiger partial charge on any atom is -0.376 e. The molecule has 0 radical (unpaired) electrons. The zero-order chi connectivity index (χ0) is 18.9. The van der Waals surface area contributed by atoms with E-state index >= 15 is 0 Å². The van der Waals surface area contributed by atoms with Crippen LogP contribution in [0.2, 0.25) is 0 Å². The van der Waals surface area contributed by atoms with Gasteiger partial charge in [-0.3, -0.25) is 15.1 Å². The molecule has 2 N–H and O–H groups in total. The molecular formula is C19H24IN5O3. The number of nitro benzene ring substituents is 1. The highest BCUT2D eigenvalue weighted by atomic mass is 127. The minimum absolute atomic E-state index is 0. The summed E-state index contributed by atoms with van der Waals surface area (Å²) in [5.41, 5.74) is 1.89. The van der Waals surface area contributed by atoms with Gasteiger partial charge in [-0.1, -0.05) is 18.2 Å². The largest absolute Gasteiger partial charge is 0.376 e. The predicted molar refractivity (Wildman–Crippen MR) is 118 cm³/mol. The molecular weight excluding hydrogens is 473 g/mol. The first-order valence-electron chi connectivity index (χ1n) is 8.98. The average Bonchev–Trinajstić information content (AvgIpc) is 3.22. The quantitative estimate of drug-likeness (QED) is 0.201. The van der Waals surface area contributed by atoms with Crippen molar-refractivity contribution in [2.45, 2.75) is 32.0 Å². The number of hydrogen-bond acceptors (Lipinski definition) is 5. The maximum atomic E-state index is 10.7. The molecule has 150 valence electrons. The van der Waals surface area contributed by atoms with E-state index in [0.29, 0.717) is 25.6 Å². The van der Waals surface area contributed by atoms with E-state index in [1.54, 1.807) is 18.3 Å². The van der Waals surface area contributed by atoms with Crippen molar-refractivity contribution >= 4 is 35.6 Å². The maximum Gasteiger partial charge on any atom is 0.269 e. The highest BCUT2D eigenvalue weighted by Crippen LogP contribution is 2.13. The summed E-state index contributed by atoms with van der Waals surface area (Å²) in [7, 11) is 0. The summed E-state index contributed by atoms with van der Waals surface area (Å²) in [4.78, 5) is 19.2. The van der Waals surface area contributed by atoms with Gasteiger partial charge in [-0.05, 0) is 30.5 Å². The number of hydrogen-bond donors (Lipinski definition) is 2. The average molecular weight is 497 g/mol. The summed E-state index contributed by atoms with van der Waals surface area (Å²) in [5.74, 6) is 0.662. The van der Waals surface area contributed by atoms with Crippen LogP contribution in [0.15, 0.2) is 53.7 Å². The van der Waals surface area contributed by atoms with Gasteiger partial charge in [0, 0.05) is 31.5 Å². The van der Waals surface area contributed by atoms with Crippen molar-refractivity contribution in [1.29, 1.82) is 0 Å². The summed E-state index contributed by atoms with van der Waals surface area (Å²) in [6, 6.07) is 12.2. The van der Waals surface area contributed by atoms with Gasteiger partial charge in [-0.25, -0.2) is 4.99 Å². The van der Waals surface area contributed by atoms with Crippen LogP contribution in [0.4, 0.5) is 5.69 Å². The standard InChI is InChI=1S/C19H23N5O3.HI/c25-24(26)17-8-6-15(7-9-17)12-21-19(23-14-18-5-3-11-27-18)22-13-16-4-1-2-10-20-16;/h1-2,4,6-10,18H,3,5,11-14H2,(H2,21,22,23);1H. The van der Waals surface area contributed by atoms with Gasteiger partial charge in [-0.2, -0.15) is 0 Å². The Balaban J connectivity index is 0.00000280. The molecule has 1 fully saturated rings. The van der Waals surface area contributed by atoms with Crippen molar-refractivity contribution in [1.82, 2.24) is 15.6 Å². The van der Waals surface area contributed by atoms with Gasteiger partial charge < -0.3 is 15.4 Å². The number of aromatic nitrogens is 1. The van der Waals surface area contributed by atoms with Gasteiger partial charge in [0.15, 0.2) is 5.96 Å². The van der Waals surface area contributed by atoms with Gasteiger partial charge >= 0.3 is 0 Å². The monoisotopic (exact) mass is 497 g/mol. The highest BCUT2D eigenvalue weighted by molar-refractivity contribution is 14.0. The van der Waals surface area contributed by atoms with Crippen molar-refractivity contribution < 1.29 is 9.66 Å².